The van der Waals surface area contributed by atoms with Crippen LogP contribution in [0, 0.1) is 11.8 Å². The molecule has 3 saturated heterocycles. The molecule has 3 aliphatic heterocycles. The molecule has 0 saturated carbocycles. The number of nitrogens with zero attached hydrogens (tertiary/aromatic N) is 3. The first-order valence-corrected chi connectivity index (χ1v) is 19.2. The Morgan fingerprint density at radius 2 is 1.55 bits per heavy atom. The minimum atomic E-state index is -0.919. The van der Waals surface area contributed by atoms with Crippen LogP contribution in [-0.2, 0) is 27.3 Å². The van der Waals surface area contributed by atoms with Crippen LogP contribution in [-0.4, -0.2) is 79.2 Å². The molecule has 2 bridgehead atoms. The number of carbonyl (C=O) groups excluding carboxylic acids is 3. The molecular weight excluding hydrogens is 722 g/mol. The van der Waals surface area contributed by atoms with Crippen LogP contribution in [0.2, 0.25) is 0 Å². The number of thioether (sulfide) groups is 1. The Bertz CT molecular complexity index is 1940. The van der Waals surface area contributed by atoms with Gasteiger partial charge in [0.15, 0.2) is 0 Å². The van der Waals surface area contributed by atoms with Crippen molar-refractivity contribution in [2.75, 3.05) is 24.6 Å². The molecule has 1 N–H and O–H groups in total. The summed E-state index contributed by atoms with van der Waals surface area (Å²) in [5, 5.41) is 12.8. The fourth-order valence-electron chi connectivity index (χ4n) is 8.51. The number of alkyl halides is 1. The second kappa shape index (κ2) is 14.8. The van der Waals surface area contributed by atoms with Crippen LogP contribution in [0.25, 0.3) is 10.8 Å². The van der Waals surface area contributed by atoms with Gasteiger partial charge in [-0.3, -0.25) is 14.4 Å². The molecule has 0 aromatic heterocycles. The van der Waals surface area contributed by atoms with Gasteiger partial charge >= 0.3 is 0 Å². The van der Waals surface area contributed by atoms with Crippen molar-refractivity contribution in [3.8, 4) is 0 Å². The summed E-state index contributed by atoms with van der Waals surface area (Å²) in [6.07, 6.45) is 4.33. The average Bonchev–Trinajstić information content (AvgIpc) is 3.76. The van der Waals surface area contributed by atoms with Gasteiger partial charge in [0.2, 0.25) is 11.8 Å². The number of rotatable bonds is 13. The Hall–Kier alpha value is -4.18. The van der Waals surface area contributed by atoms with Crippen LogP contribution in [0.4, 0.5) is 5.69 Å². The van der Waals surface area contributed by atoms with Gasteiger partial charge in [0, 0.05) is 35.4 Å². The molecule has 7 nitrogen and oxygen atoms in total. The van der Waals surface area contributed by atoms with E-state index in [0.717, 1.165) is 21.9 Å². The molecule has 4 aromatic carbocycles. The van der Waals surface area contributed by atoms with E-state index in [1.807, 2.05) is 103 Å². The Labute approximate surface area is 312 Å². The molecule has 4 aromatic rings. The molecule has 3 heterocycles. The molecule has 51 heavy (non-hydrogen) atoms. The van der Waals surface area contributed by atoms with Gasteiger partial charge in [-0.25, -0.2) is 0 Å². The normalized spacial score (nSPS) is 25.4. The molecule has 7 rings (SSSR count). The Kier molecular flexibility index (Phi) is 10.2. The number of hydrogen-bond donors (Lipinski definition) is 1. The average molecular weight is 765 g/mol. The highest BCUT2D eigenvalue weighted by molar-refractivity contribution is 9.09. The summed E-state index contributed by atoms with van der Waals surface area (Å²) in [5.41, 5.74) is 2.64. The zero-order chi connectivity index (χ0) is 35.7. The van der Waals surface area contributed by atoms with E-state index in [1.165, 1.54) is 0 Å². The van der Waals surface area contributed by atoms with Gasteiger partial charge in [0.1, 0.15) is 6.04 Å². The lowest BCUT2D eigenvalue weighted by Gasteiger charge is -2.40. The summed E-state index contributed by atoms with van der Waals surface area (Å²) in [4.78, 5) is 50.3. The second-order valence-electron chi connectivity index (χ2n) is 13.7. The lowest BCUT2D eigenvalue weighted by atomic mass is 9.70. The van der Waals surface area contributed by atoms with Crippen molar-refractivity contribution in [2.24, 2.45) is 11.8 Å². The van der Waals surface area contributed by atoms with Crippen LogP contribution >= 0.6 is 27.7 Å². The first kappa shape index (κ1) is 35.2. The zero-order valence-corrected chi connectivity index (χ0v) is 30.8. The van der Waals surface area contributed by atoms with Gasteiger partial charge in [0.05, 0.1) is 29.2 Å². The number of fused-ring (bicyclic) bond motifs is 2. The molecule has 3 fully saturated rings. The monoisotopic (exact) mass is 763 g/mol. The molecule has 262 valence electrons. The third-order valence-electron chi connectivity index (χ3n) is 10.7. The summed E-state index contributed by atoms with van der Waals surface area (Å²) in [6, 6.07) is 31.9. The number of likely N-dealkylation sites (tertiary alicyclic amines) is 1. The molecule has 9 heteroatoms. The van der Waals surface area contributed by atoms with E-state index in [1.54, 1.807) is 38.6 Å². The highest BCUT2D eigenvalue weighted by atomic mass is 79.9. The SMILES string of the molecule is C=CCN(Cc1ccccc1)C(=O)[C@H]1[C@@H]2SC3(CC2Br)C(C(=O)N(CC=C)c2ccc4ccccc4c2)N([C@@H](CO)Cc2ccccc2)C(=O)[C@H]13. The Morgan fingerprint density at radius 1 is 0.902 bits per heavy atom. The van der Waals surface area contributed by atoms with Gasteiger partial charge in [-0.05, 0) is 46.9 Å². The topological polar surface area (TPSA) is 81.2 Å². The highest BCUT2D eigenvalue weighted by Crippen LogP contribution is 2.68. The van der Waals surface area contributed by atoms with E-state index in [2.05, 4.69) is 29.1 Å². The standard InChI is InChI=1S/C42H42BrN3O4S/c1-3-21-44(26-29-15-9-6-10-16-29)39(48)35-36-40(49)46(33(27-47)23-28-13-7-5-8-14-28)38(42(36)25-34(43)37(35)51-42)41(50)45(22-4-2)32-20-19-30-17-11-12-18-31(30)24-32/h3-20,24,33-38,47H,1-2,21-23,25-27H2/t33-,34?,35-,36+,37-,38?,42?/m1/s1. The zero-order valence-electron chi connectivity index (χ0n) is 28.4. The van der Waals surface area contributed by atoms with Crippen LogP contribution in [0.3, 0.4) is 0 Å². The van der Waals surface area contributed by atoms with Gasteiger partial charge in [-0.1, -0.05) is 119 Å². The van der Waals surface area contributed by atoms with Crippen LogP contribution in [0.5, 0.6) is 0 Å². The first-order chi connectivity index (χ1) is 24.8. The third-order valence-corrected chi connectivity index (χ3v) is 13.9. The molecule has 3 unspecified atom stereocenters. The summed E-state index contributed by atoms with van der Waals surface area (Å²) in [5.74, 6) is -1.99. The lowest BCUT2D eigenvalue weighted by Crippen LogP contribution is -2.58. The predicted molar refractivity (Wildman–Crippen MR) is 209 cm³/mol. The number of benzene rings is 4. The maximum absolute atomic E-state index is 15.4. The van der Waals surface area contributed by atoms with Crippen molar-refractivity contribution in [3.63, 3.8) is 0 Å². The van der Waals surface area contributed by atoms with Crippen molar-refractivity contribution in [2.45, 2.75) is 46.3 Å². The minimum Gasteiger partial charge on any atom is -0.394 e. The number of hydrogen-bond acceptors (Lipinski definition) is 5. The second-order valence-corrected chi connectivity index (χ2v) is 16.4. The van der Waals surface area contributed by atoms with E-state index in [-0.39, 0.29) is 41.0 Å². The molecule has 1 spiro atoms. The van der Waals surface area contributed by atoms with Gasteiger partial charge in [-0.15, -0.1) is 24.9 Å². The first-order valence-electron chi connectivity index (χ1n) is 17.4. The van der Waals surface area contributed by atoms with Crippen molar-refractivity contribution in [3.05, 3.63) is 140 Å². The lowest BCUT2D eigenvalue weighted by molar-refractivity contribution is -0.145. The summed E-state index contributed by atoms with van der Waals surface area (Å²) < 4.78 is -0.889. The van der Waals surface area contributed by atoms with Gasteiger partial charge in [0.25, 0.3) is 5.91 Å². The largest absolute Gasteiger partial charge is 0.394 e. The van der Waals surface area contributed by atoms with E-state index in [9.17, 15) is 9.90 Å². The number of anilines is 1. The maximum Gasteiger partial charge on any atom is 0.251 e. The number of halogens is 1. The van der Waals surface area contributed by atoms with Gasteiger partial charge < -0.3 is 19.8 Å². The smallest absolute Gasteiger partial charge is 0.251 e. The van der Waals surface area contributed by atoms with Gasteiger partial charge in [-0.2, -0.15) is 0 Å². The third kappa shape index (κ3) is 6.34. The van der Waals surface area contributed by atoms with E-state index in [4.69, 9.17) is 0 Å². The molecule has 0 radical (unpaired) electrons. The van der Waals surface area contributed by atoms with E-state index < -0.39 is 28.7 Å². The van der Waals surface area contributed by atoms with Crippen LogP contribution in [0.15, 0.2) is 128 Å². The Morgan fingerprint density at radius 3 is 2.22 bits per heavy atom. The van der Waals surface area contributed by atoms with Crippen LogP contribution < -0.4 is 4.90 Å². The highest BCUT2D eigenvalue weighted by Gasteiger charge is 2.76. The van der Waals surface area contributed by atoms with Crippen molar-refractivity contribution in [1.82, 2.24) is 9.80 Å². The molecule has 3 aliphatic rings. The molecule has 7 atom stereocenters. The van der Waals surface area contributed by atoms with Crippen molar-refractivity contribution >= 4 is 61.9 Å². The van der Waals surface area contributed by atoms with E-state index >= 15 is 9.59 Å². The minimum absolute atomic E-state index is 0.0896. The molecule has 0 aliphatic carbocycles. The number of carbonyl (C=O) groups is 3. The number of aliphatic hydroxyl groups excluding tert-OH is 1. The van der Waals surface area contributed by atoms with Crippen LogP contribution in [0.1, 0.15) is 17.5 Å². The Balaban J connectivity index is 1.32. The number of aliphatic hydroxyl groups is 1. The van der Waals surface area contributed by atoms with E-state index in [0.29, 0.717) is 31.6 Å². The fourth-order valence-corrected chi connectivity index (χ4v) is 12.1. The summed E-state index contributed by atoms with van der Waals surface area (Å²) in [6.45, 7) is 8.53. The quantitative estimate of drug-likeness (QED) is 0.122. The summed E-state index contributed by atoms with van der Waals surface area (Å²) in [7, 11) is 0. The maximum atomic E-state index is 15.4. The fraction of sp³-hybridized carbons (Fsp3) is 0.310. The van der Waals surface area contributed by atoms with Crippen molar-refractivity contribution < 1.29 is 19.5 Å². The van der Waals surface area contributed by atoms with Crippen molar-refractivity contribution in [1.29, 1.82) is 0 Å². The predicted octanol–water partition coefficient (Wildman–Crippen LogP) is 6.64. The summed E-state index contributed by atoms with van der Waals surface area (Å²) >= 11 is 5.53. The molecular formula is C42H42BrN3O4S. The molecule has 3 amide bonds. The number of amides is 3.